The zero-order valence-electron chi connectivity index (χ0n) is 11.6. The topological polar surface area (TPSA) is 30.8 Å². The van der Waals surface area contributed by atoms with Crippen LogP contribution in [0.1, 0.15) is 30.9 Å². The molecule has 18 heavy (non-hydrogen) atoms. The molecule has 1 unspecified atom stereocenters. The van der Waals surface area contributed by atoms with Crippen LogP contribution < -0.4 is 0 Å². The Balaban J connectivity index is 2.72. The van der Waals surface area contributed by atoms with Gasteiger partial charge in [0.2, 0.25) is 0 Å². The van der Waals surface area contributed by atoms with E-state index in [1.54, 1.807) is 14.2 Å². The number of aryl methyl sites for hydroxylation is 1. The van der Waals surface area contributed by atoms with Crippen LogP contribution in [-0.2, 0) is 8.85 Å². The van der Waals surface area contributed by atoms with E-state index in [2.05, 4.69) is 43.1 Å². The fraction of sp³-hybridized carbons (Fsp3) is 0.500. The number of hydrogen-bond acceptors (Lipinski definition) is 3. The largest absolute Gasteiger partial charge is 0.411 e. The lowest BCUT2D eigenvalue weighted by molar-refractivity contribution is 0.264. The van der Waals surface area contributed by atoms with Crippen LogP contribution in [0.3, 0.4) is 0 Å². The molecule has 0 aliphatic heterocycles. The summed E-state index contributed by atoms with van der Waals surface area (Å²) in [6.45, 7) is 4.23. The molecule has 3 nitrogen and oxygen atoms in total. The normalized spacial score (nSPS) is 13.4. The van der Waals surface area contributed by atoms with E-state index < -0.39 is 9.28 Å². The number of hydrogen-bond donors (Lipinski definition) is 0. The average molecular weight is 264 g/mol. The van der Waals surface area contributed by atoms with Gasteiger partial charge < -0.3 is 8.85 Å². The number of benzene rings is 1. The van der Waals surface area contributed by atoms with Gasteiger partial charge in [0.25, 0.3) is 0 Å². The van der Waals surface area contributed by atoms with Crippen LogP contribution in [0.25, 0.3) is 0 Å². The van der Waals surface area contributed by atoms with Gasteiger partial charge in [-0.05, 0) is 18.9 Å². The summed E-state index contributed by atoms with van der Waals surface area (Å²) in [5, 5.41) is 0. The summed E-state index contributed by atoms with van der Waals surface area (Å²) in [7, 11) is 2.09. The molecule has 1 aromatic carbocycles. The van der Waals surface area contributed by atoms with E-state index in [0.717, 1.165) is 18.4 Å². The molecule has 0 bridgehead atoms. The molecule has 0 amide bonds. The summed E-state index contributed by atoms with van der Waals surface area (Å²) in [5.74, 6) is 0. The molecule has 0 aliphatic carbocycles. The predicted molar refractivity (Wildman–Crippen MR) is 77.2 cm³/mol. The maximum atomic E-state index is 5.39. The lowest BCUT2D eigenvalue weighted by atomic mass is 10.2. The lowest BCUT2D eigenvalue weighted by Crippen LogP contribution is -2.34. The molecule has 0 saturated heterocycles. The van der Waals surface area contributed by atoms with E-state index in [9.17, 15) is 0 Å². The highest BCUT2D eigenvalue weighted by Crippen LogP contribution is 2.08. The molecular formula is C14H22NO2Si. The van der Waals surface area contributed by atoms with Crippen LogP contribution in [0, 0.1) is 6.92 Å². The lowest BCUT2D eigenvalue weighted by Gasteiger charge is -2.16. The molecule has 1 atom stereocenters. The van der Waals surface area contributed by atoms with Gasteiger partial charge in [0.15, 0.2) is 0 Å². The van der Waals surface area contributed by atoms with Gasteiger partial charge in [0.05, 0.1) is 5.67 Å². The van der Waals surface area contributed by atoms with E-state index in [4.69, 9.17) is 8.85 Å². The SMILES string of the molecule is CCCC(N=Cc1ccc(C)cc1)[Si](OC)OC. The Hall–Kier alpha value is -0.973. The molecule has 0 spiro atoms. The molecule has 0 saturated carbocycles. The van der Waals surface area contributed by atoms with Crippen molar-refractivity contribution >= 4 is 15.5 Å². The molecule has 0 aromatic heterocycles. The third-order valence-electron chi connectivity index (χ3n) is 2.72. The third-order valence-corrected chi connectivity index (χ3v) is 4.50. The number of rotatable bonds is 7. The second-order valence-electron chi connectivity index (χ2n) is 4.22. The first kappa shape index (κ1) is 15.1. The molecule has 1 rings (SSSR count). The van der Waals surface area contributed by atoms with Crippen LogP contribution in [0.5, 0.6) is 0 Å². The molecular weight excluding hydrogens is 242 g/mol. The highest BCUT2D eigenvalue weighted by molar-refractivity contribution is 6.46. The Bertz CT molecular complexity index is 361. The summed E-state index contributed by atoms with van der Waals surface area (Å²) in [6, 6.07) is 8.34. The van der Waals surface area contributed by atoms with Gasteiger partial charge in [-0.25, -0.2) is 0 Å². The number of aliphatic imine (C=N–C) groups is 1. The molecule has 0 fully saturated rings. The first-order valence-electron chi connectivity index (χ1n) is 6.26. The summed E-state index contributed by atoms with van der Waals surface area (Å²) in [5.41, 5.74) is 2.53. The van der Waals surface area contributed by atoms with Crippen molar-refractivity contribution in [3.8, 4) is 0 Å². The Morgan fingerprint density at radius 2 is 1.83 bits per heavy atom. The molecule has 4 heteroatoms. The quantitative estimate of drug-likeness (QED) is 0.560. The van der Waals surface area contributed by atoms with Crippen LogP contribution in [0.4, 0.5) is 0 Å². The maximum absolute atomic E-state index is 5.39. The van der Waals surface area contributed by atoms with Gasteiger partial charge in [-0.3, -0.25) is 4.99 Å². The zero-order valence-corrected chi connectivity index (χ0v) is 12.6. The minimum atomic E-state index is -1.30. The summed E-state index contributed by atoms with van der Waals surface area (Å²) >= 11 is 0. The van der Waals surface area contributed by atoms with Gasteiger partial charge in [0.1, 0.15) is 0 Å². The van der Waals surface area contributed by atoms with Crippen LogP contribution in [0.2, 0.25) is 0 Å². The van der Waals surface area contributed by atoms with Gasteiger partial charge in [0, 0.05) is 20.4 Å². The molecule has 0 N–H and O–H groups in total. The van der Waals surface area contributed by atoms with Gasteiger partial charge >= 0.3 is 9.28 Å². The Morgan fingerprint density at radius 3 is 2.33 bits per heavy atom. The molecule has 99 valence electrons. The summed E-state index contributed by atoms with van der Waals surface area (Å²) < 4.78 is 10.8. The second-order valence-corrected chi connectivity index (χ2v) is 6.34. The highest BCUT2D eigenvalue weighted by Gasteiger charge is 2.24. The van der Waals surface area contributed by atoms with Crippen LogP contribution in [0.15, 0.2) is 29.3 Å². The molecule has 1 aromatic rings. The van der Waals surface area contributed by atoms with E-state index >= 15 is 0 Å². The first-order chi connectivity index (χ1) is 8.71. The first-order valence-corrected chi connectivity index (χ1v) is 7.65. The molecule has 0 aliphatic rings. The third kappa shape index (κ3) is 4.72. The van der Waals surface area contributed by atoms with Crippen molar-refractivity contribution in [2.75, 3.05) is 14.2 Å². The van der Waals surface area contributed by atoms with Crippen molar-refractivity contribution in [3.63, 3.8) is 0 Å². The summed E-state index contributed by atoms with van der Waals surface area (Å²) in [6.07, 6.45) is 4.00. The van der Waals surface area contributed by atoms with E-state index in [-0.39, 0.29) is 5.67 Å². The van der Waals surface area contributed by atoms with Crippen molar-refractivity contribution in [1.29, 1.82) is 0 Å². The Labute approximate surface area is 112 Å². The van der Waals surface area contributed by atoms with E-state index in [1.165, 1.54) is 5.56 Å². The standard InChI is InChI=1S/C14H22NO2Si/c1-5-6-14(18(16-3)17-4)15-11-13-9-7-12(2)8-10-13/h7-11,14H,5-6H2,1-4H3. The van der Waals surface area contributed by atoms with Crippen molar-refractivity contribution in [2.45, 2.75) is 32.4 Å². The maximum Gasteiger partial charge on any atom is 0.411 e. The highest BCUT2D eigenvalue weighted by atomic mass is 28.3. The fourth-order valence-corrected chi connectivity index (χ4v) is 3.14. The van der Waals surface area contributed by atoms with Crippen molar-refractivity contribution < 1.29 is 8.85 Å². The smallest absolute Gasteiger partial charge is 0.395 e. The predicted octanol–water partition coefficient (Wildman–Crippen LogP) is 2.90. The minimum Gasteiger partial charge on any atom is -0.395 e. The summed E-state index contributed by atoms with van der Waals surface area (Å²) in [4.78, 5) is 4.63. The Morgan fingerprint density at radius 1 is 1.22 bits per heavy atom. The van der Waals surface area contributed by atoms with Crippen molar-refractivity contribution in [3.05, 3.63) is 35.4 Å². The Kier molecular flexibility index (Phi) is 6.86. The van der Waals surface area contributed by atoms with Crippen molar-refractivity contribution in [2.24, 2.45) is 4.99 Å². The minimum absolute atomic E-state index is 0.149. The van der Waals surface area contributed by atoms with Gasteiger partial charge in [-0.15, -0.1) is 0 Å². The van der Waals surface area contributed by atoms with Crippen LogP contribution >= 0.6 is 0 Å². The fourth-order valence-electron chi connectivity index (χ4n) is 1.71. The molecule has 0 heterocycles. The van der Waals surface area contributed by atoms with Gasteiger partial charge in [-0.1, -0.05) is 43.2 Å². The van der Waals surface area contributed by atoms with Crippen LogP contribution in [-0.4, -0.2) is 35.4 Å². The number of nitrogens with zero attached hydrogens (tertiary/aromatic N) is 1. The van der Waals surface area contributed by atoms with Gasteiger partial charge in [-0.2, -0.15) is 0 Å². The molecule has 1 radical (unpaired) electrons. The second kappa shape index (κ2) is 8.19. The van der Waals surface area contributed by atoms with E-state index in [1.807, 2.05) is 6.21 Å². The van der Waals surface area contributed by atoms with Crippen molar-refractivity contribution in [1.82, 2.24) is 0 Å². The van der Waals surface area contributed by atoms with E-state index in [0.29, 0.717) is 0 Å². The zero-order chi connectivity index (χ0) is 13.4. The average Bonchev–Trinajstić information content (AvgIpc) is 2.39. The monoisotopic (exact) mass is 264 g/mol.